The highest BCUT2D eigenvalue weighted by molar-refractivity contribution is 5.81. The molecule has 124 valence electrons. The first-order valence-electron chi connectivity index (χ1n) is 8.49. The Morgan fingerprint density at radius 2 is 1.86 bits per heavy atom. The van der Waals surface area contributed by atoms with E-state index in [0.29, 0.717) is 12.3 Å². The van der Waals surface area contributed by atoms with E-state index in [0.717, 1.165) is 32.2 Å². The number of ether oxygens (including phenoxy) is 1. The quantitative estimate of drug-likeness (QED) is 0.633. The van der Waals surface area contributed by atoms with Crippen molar-refractivity contribution in [3.8, 4) is 0 Å². The third-order valence-corrected chi connectivity index (χ3v) is 4.77. The van der Waals surface area contributed by atoms with Crippen molar-refractivity contribution in [3.63, 3.8) is 0 Å². The largest absolute Gasteiger partial charge is 0.394 e. The molecule has 2 saturated carbocycles. The van der Waals surface area contributed by atoms with E-state index in [1.807, 2.05) is 0 Å². The lowest BCUT2D eigenvalue weighted by molar-refractivity contribution is -0.136. The van der Waals surface area contributed by atoms with Gasteiger partial charge in [0.15, 0.2) is 0 Å². The van der Waals surface area contributed by atoms with Crippen molar-refractivity contribution in [3.05, 3.63) is 0 Å². The van der Waals surface area contributed by atoms with Gasteiger partial charge in [0.25, 0.3) is 0 Å². The lowest BCUT2D eigenvalue weighted by atomic mass is 9.96. The van der Waals surface area contributed by atoms with Crippen LogP contribution in [-0.2, 0) is 14.3 Å². The first-order valence-corrected chi connectivity index (χ1v) is 8.49. The topological polar surface area (TPSA) is 87.7 Å². The van der Waals surface area contributed by atoms with Crippen molar-refractivity contribution in [2.75, 3.05) is 13.2 Å². The SMILES string of the molecule is O=C(C[C@H]1CC[C@H](NC(=O)C2CC2)[C@@H](CO)O1)NCC1CC1. The number of hydrogen-bond donors (Lipinski definition) is 3. The summed E-state index contributed by atoms with van der Waals surface area (Å²) in [6.45, 7) is 0.644. The van der Waals surface area contributed by atoms with Crippen LogP contribution in [-0.4, -0.2) is 48.3 Å². The van der Waals surface area contributed by atoms with E-state index in [9.17, 15) is 14.7 Å². The second-order valence-corrected chi connectivity index (χ2v) is 6.90. The Balaban J connectivity index is 1.41. The van der Waals surface area contributed by atoms with Gasteiger partial charge in [-0.1, -0.05) is 0 Å². The van der Waals surface area contributed by atoms with Crippen LogP contribution in [0.4, 0.5) is 0 Å². The van der Waals surface area contributed by atoms with Crippen LogP contribution in [0.1, 0.15) is 44.9 Å². The highest BCUT2D eigenvalue weighted by atomic mass is 16.5. The van der Waals surface area contributed by atoms with E-state index in [1.165, 1.54) is 12.8 Å². The summed E-state index contributed by atoms with van der Waals surface area (Å²) in [5.41, 5.74) is 0. The van der Waals surface area contributed by atoms with Gasteiger partial charge in [0.1, 0.15) is 6.10 Å². The van der Waals surface area contributed by atoms with Gasteiger partial charge in [0.05, 0.1) is 25.2 Å². The number of hydrogen-bond acceptors (Lipinski definition) is 4. The molecule has 3 rings (SSSR count). The van der Waals surface area contributed by atoms with Crippen LogP contribution < -0.4 is 10.6 Å². The molecule has 3 fully saturated rings. The molecule has 0 unspecified atom stereocenters. The second kappa shape index (κ2) is 6.96. The normalized spacial score (nSPS) is 31.6. The number of amides is 2. The maximum atomic E-state index is 11.9. The maximum Gasteiger partial charge on any atom is 0.223 e. The van der Waals surface area contributed by atoms with Crippen molar-refractivity contribution in [2.45, 2.75) is 63.2 Å². The summed E-state index contributed by atoms with van der Waals surface area (Å²) in [6.07, 6.45) is 5.63. The highest BCUT2D eigenvalue weighted by Gasteiger charge is 2.36. The molecule has 0 aromatic carbocycles. The van der Waals surface area contributed by atoms with Crippen LogP contribution in [0.2, 0.25) is 0 Å². The lowest BCUT2D eigenvalue weighted by Gasteiger charge is -2.36. The number of nitrogens with one attached hydrogen (secondary N) is 2. The van der Waals surface area contributed by atoms with Crippen molar-refractivity contribution in [2.24, 2.45) is 11.8 Å². The summed E-state index contributed by atoms with van der Waals surface area (Å²) in [5, 5.41) is 15.4. The second-order valence-electron chi connectivity index (χ2n) is 6.90. The van der Waals surface area contributed by atoms with Gasteiger partial charge in [0.2, 0.25) is 11.8 Å². The fraction of sp³-hybridized carbons (Fsp3) is 0.875. The standard InChI is InChI=1S/C16H26N2O4/c19-9-14-13(18-16(21)11-3-4-11)6-5-12(22-14)7-15(20)17-8-10-1-2-10/h10-14,19H,1-9H2,(H,17,20)(H,18,21)/t12-,13+,14-/m1/s1. The third kappa shape index (κ3) is 4.43. The van der Waals surface area contributed by atoms with Gasteiger partial charge in [-0.15, -0.1) is 0 Å². The van der Waals surface area contributed by atoms with E-state index in [2.05, 4.69) is 10.6 Å². The predicted molar refractivity (Wildman–Crippen MR) is 80.0 cm³/mol. The van der Waals surface area contributed by atoms with Crippen molar-refractivity contribution < 1.29 is 19.4 Å². The van der Waals surface area contributed by atoms with Crippen molar-refractivity contribution in [1.29, 1.82) is 0 Å². The molecule has 2 aliphatic carbocycles. The summed E-state index contributed by atoms with van der Waals surface area (Å²) >= 11 is 0. The first-order chi connectivity index (χ1) is 10.7. The average Bonchev–Trinajstić information content (AvgIpc) is 3.40. The molecule has 1 heterocycles. The first kappa shape index (κ1) is 15.7. The van der Waals surface area contributed by atoms with Gasteiger partial charge in [0, 0.05) is 12.5 Å². The monoisotopic (exact) mass is 310 g/mol. The number of carbonyl (C=O) groups excluding carboxylic acids is 2. The van der Waals surface area contributed by atoms with Crippen LogP contribution >= 0.6 is 0 Å². The molecule has 1 aliphatic heterocycles. The summed E-state index contributed by atoms with van der Waals surface area (Å²) in [4.78, 5) is 23.7. The van der Waals surface area contributed by atoms with E-state index in [1.54, 1.807) is 0 Å². The van der Waals surface area contributed by atoms with Crippen LogP contribution in [0.5, 0.6) is 0 Å². The van der Waals surface area contributed by atoms with Crippen LogP contribution in [0.25, 0.3) is 0 Å². The molecule has 22 heavy (non-hydrogen) atoms. The molecule has 3 aliphatic rings. The lowest BCUT2D eigenvalue weighted by Crippen LogP contribution is -2.51. The van der Waals surface area contributed by atoms with Crippen molar-refractivity contribution in [1.82, 2.24) is 10.6 Å². The number of rotatable bonds is 7. The Bertz CT molecular complexity index is 420. The molecule has 2 amide bonds. The van der Waals surface area contributed by atoms with Gasteiger partial charge >= 0.3 is 0 Å². The molecule has 0 aromatic heterocycles. The molecule has 6 nitrogen and oxygen atoms in total. The Morgan fingerprint density at radius 1 is 1.09 bits per heavy atom. The minimum absolute atomic E-state index is 0.0223. The average molecular weight is 310 g/mol. The van der Waals surface area contributed by atoms with Gasteiger partial charge in [-0.3, -0.25) is 9.59 Å². The van der Waals surface area contributed by atoms with Crippen LogP contribution in [0, 0.1) is 11.8 Å². The number of aliphatic hydroxyl groups is 1. The maximum absolute atomic E-state index is 11.9. The molecule has 0 aromatic rings. The summed E-state index contributed by atoms with van der Waals surface area (Å²) in [6, 6.07) is -0.135. The van der Waals surface area contributed by atoms with E-state index in [-0.39, 0.29) is 36.5 Å². The Kier molecular flexibility index (Phi) is 4.98. The molecular weight excluding hydrogens is 284 g/mol. The summed E-state index contributed by atoms with van der Waals surface area (Å²) in [7, 11) is 0. The molecular formula is C16H26N2O4. The van der Waals surface area contributed by atoms with Gasteiger partial charge in [-0.2, -0.15) is 0 Å². The molecule has 6 heteroatoms. The molecule has 0 spiro atoms. The Labute approximate surface area is 131 Å². The van der Waals surface area contributed by atoms with Crippen LogP contribution in [0.15, 0.2) is 0 Å². The van der Waals surface area contributed by atoms with E-state index >= 15 is 0 Å². The van der Waals surface area contributed by atoms with Gasteiger partial charge < -0.3 is 20.5 Å². The van der Waals surface area contributed by atoms with E-state index in [4.69, 9.17) is 4.74 Å². The third-order valence-electron chi connectivity index (χ3n) is 4.77. The fourth-order valence-corrected chi connectivity index (χ4v) is 2.95. The predicted octanol–water partition coefficient (Wildman–Crippen LogP) is 0.337. The molecule has 3 N–H and O–H groups in total. The van der Waals surface area contributed by atoms with Crippen molar-refractivity contribution >= 4 is 11.8 Å². The van der Waals surface area contributed by atoms with E-state index < -0.39 is 6.10 Å². The number of carbonyl (C=O) groups is 2. The van der Waals surface area contributed by atoms with Crippen LogP contribution in [0.3, 0.4) is 0 Å². The molecule has 0 bridgehead atoms. The van der Waals surface area contributed by atoms with Gasteiger partial charge in [-0.05, 0) is 44.4 Å². The molecule has 0 radical (unpaired) electrons. The zero-order valence-corrected chi connectivity index (χ0v) is 12.9. The smallest absolute Gasteiger partial charge is 0.223 e. The molecule has 3 atom stereocenters. The Morgan fingerprint density at radius 3 is 2.50 bits per heavy atom. The number of aliphatic hydroxyl groups excluding tert-OH is 1. The fourth-order valence-electron chi connectivity index (χ4n) is 2.95. The molecule has 1 saturated heterocycles. The summed E-state index contributed by atoms with van der Waals surface area (Å²) < 4.78 is 5.82. The summed E-state index contributed by atoms with van der Waals surface area (Å²) in [5.74, 6) is 0.926. The Hall–Kier alpha value is -1.14. The highest BCUT2D eigenvalue weighted by Crippen LogP contribution is 2.30. The minimum atomic E-state index is -0.405. The zero-order chi connectivity index (χ0) is 15.5. The van der Waals surface area contributed by atoms with Gasteiger partial charge in [-0.25, -0.2) is 0 Å². The minimum Gasteiger partial charge on any atom is -0.394 e. The zero-order valence-electron chi connectivity index (χ0n) is 12.9.